The van der Waals surface area contributed by atoms with Crippen LogP contribution in [-0.2, 0) is 0 Å². The molecule has 0 aliphatic carbocycles. The van der Waals surface area contributed by atoms with Crippen LogP contribution in [0, 0.1) is 17.7 Å². The van der Waals surface area contributed by atoms with Crippen molar-refractivity contribution in [2.24, 2.45) is 0 Å². The van der Waals surface area contributed by atoms with Gasteiger partial charge in [-0.2, -0.15) is 8.78 Å². The molecule has 1 aromatic carbocycles. The zero-order valence-electron chi connectivity index (χ0n) is 7.44. The van der Waals surface area contributed by atoms with Gasteiger partial charge in [0.05, 0.1) is 5.88 Å². The number of benzene rings is 1. The summed E-state index contributed by atoms with van der Waals surface area (Å²) >= 11 is 5.28. The van der Waals surface area contributed by atoms with E-state index in [2.05, 4.69) is 16.6 Å². The van der Waals surface area contributed by atoms with E-state index in [0.717, 1.165) is 6.07 Å². The van der Waals surface area contributed by atoms with Crippen LogP contribution in [0.5, 0.6) is 5.75 Å². The van der Waals surface area contributed by atoms with E-state index in [4.69, 9.17) is 11.6 Å². The maximum Gasteiger partial charge on any atom is 0.387 e. The fourth-order valence-electron chi connectivity index (χ4n) is 0.942. The summed E-state index contributed by atoms with van der Waals surface area (Å²) in [5.74, 6) is 3.67. The Kier molecular flexibility index (Phi) is 4.32. The molecule has 0 radical (unpaired) electrons. The first-order valence-electron chi connectivity index (χ1n) is 3.93. The Morgan fingerprint density at radius 3 is 2.73 bits per heavy atom. The van der Waals surface area contributed by atoms with E-state index < -0.39 is 12.4 Å². The predicted molar refractivity (Wildman–Crippen MR) is 50.6 cm³/mol. The van der Waals surface area contributed by atoms with Crippen molar-refractivity contribution in [3.63, 3.8) is 0 Å². The second kappa shape index (κ2) is 5.52. The molecule has 0 saturated carbocycles. The fraction of sp³-hybridized carbons (Fsp3) is 0.200. The Labute approximate surface area is 89.8 Å². The highest BCUT2D eigenvalue weighted by atomic mass is 35.5. The van der Waals surface area contributed by atoms with Gasteiger partial charge in [-0.25, -0.2) is 4.39 Å². The van der Waals surface area contributed by atoms with Crippen LogP contribution >= 0.6 is 11.6 Å². The van der Waals surface area contributed by atoms with E-state index in [1.807, 2.05) is 0 Å². The normalized spacial score (nSPS) is 9.67. The highest BCUT2D eigenvalue weighted by molar-refractivity contribution is 6.19. The van der Waals surface area contributed by atoms with Gasteiger partial charge in [-0.15, -0.1) is 11.6 Å². The minimum atomic E-state index is -3.01. The average Bonchev–Trinajstić information content (AvgIpc) is 2.16. The molecule has 0 aliphatic rings. The Balaban J connectivity index is 3.08. The summed E-state index contributed by atoms with van der Waals surface area (Å²) < 4.78 is 41.1. The molecule has 80 valence electrons. The molecular formula is C10H6ClF3O. The fourth-order valence-corrected chi connectivity index (χ4v) is 1.01. The number of alkyl halides is 3. The quantitative estimate of drug-likeness (QED) is 0.565. The summed E-state index contributed by atoms with van der Waals surface area (Å²) in [7, 11) is 0. The second-order valence-corrected chi connectivity index (χ2v) is 2.69. The smallest absolute Gasteiger partial charge is 0.387 e. The number of rotatable bonds is 2. The lowest BCUT2D eigenvalue weighted by Crippen LogP contribution is -2.04. The standard InChI is InChI=1S/C10H6ClF3O/c11-6-2-3-7-8(12)4-1-5-9(7)15-10(13)14/h1,4-5,10H,6H2. The second-order valence-electron chi connectivity index (χ2n) is 2.43. The molecule has 1 rings (SSSR count). The molecule has 0 aromatic heterocycles. The molecule has 15 heavy (non-hydrogen) atoms. The van der Waals surface area contributed by atoms with Gasteiger partial charge >= 0.3 is 6.61 Å². The molecule has 0 aliphatic heterocycles. The van der Waals surface area contributed by atoms with Crippen molar-refractivity contribution in [1.29, 1.82) is 0 Å². The molecular weight excluding hydrogens is 229 g/mol. The van der Waals surface area contributed by atoms with Gasteiger partial charge in [0.1, 0.15) is 17.1 Å². The Morgan fingerprint density at radius 1 is 1.40 bits per heavy atom. The van der Waals surface area contributed by atoms with Gasteiger partial charge < -0.3 is 4.74 Å². The predicted octanol–water partition coefficient (Wildman–Crippen LogP) is 3.02. The molecule has 0 spiro atoms. The molecule has 0 fully saturated rings. The summed E-state index contributed by atoms with van der Waals surface area (Å²) in [6.07, 6.45) is 0. The van der Waals surface area contributed by atoms with Gasteiger partial charge in [0.15, 0.2) is 0 Å². The summed E-state index contributed by atoms with van der Waals surface area (Å²) in [4.78, 5) is 0. The number of ether oxygens (including phenoxy) is 1. The number of hydrogen-bond donors (Lipinski definition) is 0. The van der Waals surface area contributed by atoms with Crippen LogP contribution in [0.2, 0.25) is 0 Å². The van der Waals surface area contributed by atoms with Gasteiger partial charge in [-0.05, 0) is 12.1 Å². The first-order valence-corrected chi connectivity index (χ1v) is 4.46. The van der Waals surface area contributed by atoms with Gasteiger partial charge in [0, 0.05) is 0 Å². The SMILES string of the molecule is Fc1cccc(OC(F)F)c1C#CCCl. The Bertz CT molecular complexity index is 395. The van der Waals surface area contributed by atoms with Crippen LogP contribution in [0.15, 0.2) is 18.2 Å². The van der Waals surface area contributed by atoms with E-state index in [9.17, 15) is 13.2 Å². The van der Waals surface area contributed by atoms with Crippen molar-refractivity contribution >= 4 is 11.6 Å². The first kappa shape index (κ1) is 11.7. The maximum absolute atomic E-state index is 13.2. The summed E-state index contributed by atoms with van der Waals surface area (Å²) in [5, 5.41) is 0. The summed E-state index contributed by atoms with van der Waals surface area (Å²) in [6.45, 7) is -3.01. The van der Waals surface area contributed by atoms with Crippen LogP contribution in [0.4, 0.5) is 13.2 Å². The van der Waals surface area contributed by atoms with E-state index in [0.29, 0.717) is 0 Å². The van der Waals surface area contributed by atoms with Crippen LogP contribution in [0.3, 0.4) is 0 Å². The highest BCUT2D eigenvalue weighted by Gasteiger charge is 2.11. The van der Waals surface area contributed by atoms with Crippen molar-refractivity contribution in [3.8, 4) is 17.6 Å². The molecule has 0 amide bonds. The highest BCUT2D eigenvalue weighted by Crippen LogP contribution is 2.22. The molecule has 0 heterocycles. The lowest BCUT2D eigenvalue weighted by atomic mass is 10.2. The zero-order chi connectivity index (χ0) is 11.3. The monoisotopic (exact) mass is 234 g/mol. The van der Waals surface area contributed by atoms with Crippen molar-refractivity contribution in [2.45, 2.75) is 6.61 Å². The van der Waals surface area contributed by atoms with Crippen LogP contribution in [-0.4, -0.2) is 12.5 Å². The van der Waals surface area contributed by atoms with Crippen molar-refractivity contribution in [2.75, 3.05) is 5.88 Å². The Hall–Kier alpha value is -1.34. The lowest BCUT2D eigenvalue weighted by molar-refractivity contribution is -0.0501. The molecule has 0 bridgehead atoms. The first-order chi connectivity index (χ1) is 7.15. The van der Waals surface area contributed by atoms with E-state index in [-0.39, 0.29) is 17.2 Å². The third kappa shape index (κ3) is 3.37. The van der Waals surface area contributed by atoms with Crippen LogP contribution < -0.4 is 4.74 Å². The van der Waals surface area contributed by atoms with Crippen molar-refractivity contribution in [3.05, 3.63) is 29.6 Å². The minimum Gasteiger partial charge on any atom is -0.433 e. The summed E-state index contributed by atoms with van der Waals surface area (Å²) in [6, 6.07) is 3.59. The number of halogens is 4. The third-order valence-corrected chi connectivity index (χ3v) is 1.61. The van der Waals surface area contributed by atoms with Gasteiger partial charge in [-0.3, -0.25) is 0 Å². The molecule has 0 unspecified atom stereocenters. The lowest BCUT2D eigenvalue weighted by Gasteiger charge is -2.06. The topological polar surface area (TPSA) is 9.23 Å². The van der Waals surface area contributed by atoms with E-state index in [1.165, 1.54) is 12.1 Å². The van der Waals surface area contributed by atoms with Crippen LogP contribution in [0.1, 0.15) is 5.56 Å². The van der Waals surface area contributed by atoms with Gasteiger partial charge in [0.25, 0.3) is 0 Å². The molecule has 1 nitrogen and oxygen atoms in total. The van der Waals surface area contributed by atoms with Crippen molar-refractivity contribution in [1.82, 2.24) is 0 Å². The van der Waals surface area contributed by atoms with Gasteiger partial charge in [-0.1, -0.05) is 17.9 Å². The van der Waals surface area contributed by atoms with E-state index in [1.54, 1.807) is 0 Å². The largest absolute Gasteiger partial charge is 0.433 e. The zero-order valence-corrected chi connectivity index (χ0v) is 8.19. The molecule has 0 atom stereocenters. The van der Waals surface area contributed by atoms with Gasteiger partial charge in [0.2, 0.25) is 0 Å². The number of hydrogen-bond acceptors (Lipinski definition) is 1. The maximum atomic E-state index is 13.2. The van der Waals surface area contributed by atoms with Crippen molar-refractivity contribution < 1.29 is 17.9 Å². The molecule has 5 heteroatoms. The third-order valence-electron chi connectivity index (χ3n) is 1.47. The average molecular weight is 235 g/mol. The van der Waals surface area contributed by atoms with Crippen LogP contribution in [0.25, 0.3) is 0 Å². The van der Waals surface area contributed by atoms with E-state index >= 15 is 0 Å². The molecule has 0 saturated heterocycles. The Morgan fingerprint density at radius 2 is 2.13 bits per heavy atom. The summed E-state index contributed by atoms with van der Waals surface area (Å²) in [5.41, 5.74) is -0.210. The molecule has 0 N–H and O–H groups in total. The molecule has 1 aromatic rings. The minimum absolute atomic E-state index is 0.0115.